The summed E-state index contributed by atoms with van der Waals surface area (Å²) in [6, 6.07) is 15.9. The Bertz CT molecular complexity index is 625. The highest BCUT2D eigenvalue weighted by molar-refractivity contribution is 5.50. The smallest absolute Gasteiger partial charge is 0.0400 e. The Hall–Kier alpha value is -1.76. The molecule has 2 aliphatic rings. The minimum absolute atomic E-state index is 0.843. The van der Waals surface area contributed by atoms with E-state index in [9.17, 15) is 0 Å². The predicted octanol–water partition coefficient (Wildman–Crippen LogP) is 4.66. The zero-order chi connectivity index (χ0) is 13.4. The van der Waals surface area contributed by atoms with Crippen LogP contribution in [0.1, 0.15) is 47.4 Å². The van der Waals surface area contributed by atoms with Gasteiger partial charge in [-0.1, -0.05) is 30.3 Å². The second-order valence-corrected chi connectivity index (χ2v) is 6.21. The molecule has 0 saturated heterocycles. The van der Waals surface area contributed by atoms with Gasteiger partial charge >= 0.3 is 0 Å². The first-order valence-electron chi connectivity index (χ1n) is 7.83. The van der Waals surface area contributed by atoms with Crippen molar-refractivity contribution in [1.82, 2.24) is 0 Å². The number of nitrogens with one attached hydrogen (secondary N) is 1. The molecule has 102 valence electrons. The van der Waals surface area contributed by atoms with E-state index in [1.165, 1.54) is 48.9 Å². The summed E-state index contributed by atoms with van der Waals surface area (Å²) in [4.78, 5) is 0. The topological polar surface area (TPSA) is 12.0 Å². The number of fused-ring (bicyclic) bond motifs is 1. The van der Waals surface area contributed by atoms with Crippen LogP contribution in [0.4, 0.5) is 5.69 Å². The van der Waals surface area contributed by atoms with Gasteiger partial charge in [0.25, 0.3) is 0 Å². The van der Waals surface area contributed by atoms with Gasteiger partial charge in [0, 0.05) is 12.2 Å². The molecule has 0 unspecified atom stereocenters. The van der Waals surface area contributed by atoms with Crippen molar-refractivity contribution in [3.05, 3.63) is 64.7 Å². The molecule has 0 radical (unpaired) electrons. The van der Waals surface area contributed by atoms with E-state index < -0.39 is 0 Å². The molecule has 0 amide bonds. The van der Waals surface area contributed by atoms with Gasteiger partial charge in [0.15, 0.2) is 0 Å². The highest BCUT2D eigenvalue weighted by Gasteiger charge is 2.23. The van der Waals surface area contributed by atoms with E-state index in [1.807, 2.05) is 0 Å². The highest BCUT2D eigenvalue weighted by atomic mass is 14.9. The van der Waals surface area contributed by atoms with Gasteiger partial charge in [-0.2, -0.15) is 0 Å². The Labute approximate surface area is 121 Å². The highest BCUT2D eigenvalue weighted by Crippen LogP contribution is 2.40. The fourth-order valence-corrected chi connectivity index (χ4v) is 3.26. The van der Waals surface area contributed by atoms with Gasteiger partial charge in [-0.05, 0) is 72.4 Å². The van der Waals surface area contributed by atoms with E-state index in [1.54, 1.807) is 11.1 Å². The van der Waals surface area contributed by atoms with Crippen LogP contribution in [0, 0.1) is 0 Å². The Morgan fingerprint density at radius 2 is 1.85 bits per heavy atom. The number of aryl methyl sites for hydroxylation is 2. The molecule has 0 aliphatic heterocycles. The lowest BCUT2D eigenvalue weighted by Gasteiger charge is -2.10. The molecule has 4 rings (SSSR count). The second-order valence-electron chi connectivity index (χ2n) is 6.21. The Morgan fingerprint density at radius 1 is 0.950 bits per heavy atom. The molecule has 2 aromatic rings. The molecular weight excluding hydrogens is 242 g/mol. The van der Waals surface area contributed by atoms with E-state index in [-0.39, 0.29) is 0 Å². The van der Waals surface area contributed by atoms with Crippen LogP contribution in [0.5, 0.6) is 0 Å². The summed E-state index contributed by atoms with van der Waals surface area (Å²) in [6.07, 6.45) is 6.59. The summed E-state index contributed by atoms with van der Waals surface area (Å²) in [7, 11) is 0. The van der Waals surface area contributed by atoms with Gasteiger partial charge in [-0.15, -0.1) is 0 Å². The van der Waals surface area contributed by atoms with Crippen LogP contribution in [0.3, 0.4) is 0 Å². The molecule has 0 atom stereocenters. The molecule has 2 aliphatic carbocycles. The van der Waals surface area contributed by atoms with E-state index in [2.05, 4.69) is 47.8 Å². The van der Waals surface area contributed by atoms with E-state index in [0.29, 0.717) is 0 Å². The molecule has 1 N–H and O–H groups in total. The standard InChI is InChI=1S/C19H21N/c1-3-14(11-17(5-1)16-7-8-16)13-20-19-10-9-15-4-2-6-18(15)12-19/h1,3,5,9-12,16,20H,2,4,6-8,13H2. The number of anilines is 1. The van der Waals surface area contributed by atoms with Gasteiger partial charge in [-0.25, -0.2) is 0 Å². The fourth-order valence-electron chi connectivity index (χ4n) is 3.26. The van der Waals surface area contributed by atoms with Gasteiger partial charge in [0.05, 0.1) is 0 Å². The molecular formula is C19H21N. The zero-order valence-corrected chi connectivity index (χ0v) is 11.9. The molecule has 0 aromatic heterocycles. The van der Waals surface area contributed by atoms with Crippen LogP contribution < -0.4 is 5.32 Å². The molecule has 20 heavy (non-hydrogen) atoms. The molecule has 0 bridgehead atoms. The maximum absolute atomic E-state index is 3.58. The minimum atomic E-state index is 0.843. The van der Waals surface area contributed by atoms with Crippen LogP contribution >= 0.6 is 0 Å². The van der Waals surface area contributed by atoms with Gasteiger partial charge in [0.1, 0.15) is 0 Å². The fraction of sp³-hybridized carbons (Fsp3) is 0.368. The van der Waals surface area contributed by atoms with Gasteiger partial charge in [-0.3, -0.25) is 0 Å². The van der Waals surface area contributed by atoms with Crippen LogP contribution in [0.15, 0.2) is 42.5 Å². The maximum Gasteiger partial charge on any atom is 0.0400 e. The third-order valence-electron chi connectivity index (χ3n) is 4.59. The van der Waals surface area contributed by atoms with Crippen molar-refractivity contribution in [3.63, 3.8) is 0 Å². The number of hydrogen-bond acceptors (Lipinski definition) is 1. The lowest BCUT2D eigenvalue weighted by Crippen LogP contribution is -2.00. The summed E-state index contributed by atoms with van der Waals surface area (Å²) in [5, 5.41) is 3.58. The Morgan fingerprint density at radius 3 is 2.75 bits per heavy atom. The SMILES string of the molecule is c1cc(CNc2ccc3c(c2)CCC3)cc(C2CC2)c1. The quantitative estimate of drug-likeness (QED) is 0.845. The number of rotatable bonds is 4. The molecule has 1 heteroatoms. The molecule has 1 saturated carbocycles. The second kappa shape index (κ2) is 4.97. The minimum Gasteiger partial charge on any atom is -0.381 e. The first-order valence-corrected chi connectivity index (χ1v) is 7.83. The molecule has 2 aromatic carbocycles. The van der Waals surface area contributed by atoms with E-state index in [0.717, 1.165) is 12.5 Å². The lowest BCUT2D eigenvalue weighted by molar-refractivity contribution is 0.912. The normalized spacial score (nSPS) is 17.0. The molecule has 1 fully saturated rings. The molecule has 1 nitrogen and oxygen atoms in total. The first kappa shape index (κ1) is 12.0. The Balaban J connectivity index is 1.46. The van der Waals surface area contributed by atoms with Gasteiger partial charge in [0.2, 0.25) is 0 Å². The van der Waals surface area contributed by atoms with Crippen molar-refractivity contribution in [3.8, 4) is 0 Å². The summed E-state index contributed by atoms with van der Waals surface area (Å²) in [6.45, 7) is 0.930. The molecule has 0 spiro atoms. The maximum atomic E-state index is 3.58. The summed E-state index contributed by atoms with van der Waals surface area (Å²) in [5.74, 6) is 0.843. The van der Waals surface area contributed by atoms with Crippen molar-refractivity contribution < 1.29 is 0 Å². The average molecular weight is 263 g/mol. The van der Waals surface area contributed by atoms with Crippen LogP contribution in [0.2, 0.25) is 0 Å². The summed E-state index contributed by atoms with van der Waals surface area (Å²) >= 11 is 0. The lowest BCUT2D eigenvalue weighted by atomic mass is 10.1. The van der Waals surface area contributed by atoms with Crippen molar-refractivity contribution in [1.29, 1.82) is 0 Å². The number of hydrogen-bond donors (Lipinski definition) is 1. The van der Waals surface area contributed by atoms with Crippen molar-refractivity contribution in [2.75, 3.05) is 5.32 Å². The average Bonchev–Trinajstić information content (AvgIpc) is 3.24. The summed E-state index contributed by atoms with van der Waals surface area (Å²) < 4.78 is 0. The predicted molar refractivity (Wildman–Crippen MR) is 84.2 cm³/mol. The first-order chi connectivity index (χ1) is 9.88. The number of benzene rings is 2. The Kier molecular flexibility index (Phi) is 2.99. The summed E-state index contributed by atoms with van der Waals surface area (Å²) in [5.41, 5.74) is 7.28. The monoisotopic (exact) mass is 263 g/mol. The van der Waals surface area contributed by atoms with Crippen LogP contribution in [-0.2, 0) is 19.4 Å². The molecule has 0 heterocycles. The zero-order valence-electron chi connectivity index (χ0n) is 11.9. The van der Waals surface area contributed by atoms with Crippen LogP contribution in [0.25, 0.3) is 0 Å². The van der Waals surface area contributed by atoms with E-state index >= 15 is 0 Å². The van der Waals surface area contributed by atoms with E-state index in [4.69, 9.17) is 0 Å². The van der Waals surface area contributed by atoms with Crippen molar-refractivity contribution in [2.45, 2.75) is 44.6 Å². The largest absolute Gasteiger partial charge is 0.381 e. The van der Waals surface area contributed by atoms with Crippen molar-refractivity contribution in [2.24, 2.45) is 0 Å². The third-order valence-corrected chi connectivity index (χ3v) is 4.59. The van der Waals surface area contributed by atoms with Crippen LogP contribution in [-0.4, -0.2) is 0 Å². The van der Waals surface area contributed by atoms with Crippen molar-refractivity contribution >= 4 is 5.69 Å². The van der Waals surface area contributed by atoms with Gasteiger partial charge < -0.3 is 5.32 Å². The third kappa shape index (κ3) is 2.45.